The predicted molar refractivity (Wildman–Crippen MR) is 151 cm³/mol. The molecule has 1 spiro atoms. The van der Waals surface area contributed by atoms with Crippen molar-refractivity contribution in [3.63, 3.8) is 0 Å². The Morgan fingerprint density at radius 1 is 1.30 bits per heavy atom. The lowest BCUT2D eigenvalue weighted by molar-refractivity contribution is -0.154. The summed E-state index contributed by atoms with van der Waals surface area (Å²) in [4.78, 5) is 45.3. The number of rotatable bonds is 11. The summed E-state index contributed by atoms with van der Waals surface area (Å²) in [5.74, 6) is -2.12. The van der Waals surface area contributed by atoms with Crippen LogP contribution in [0.2, 0.25) is 0 Å². The summed E-state index contributed by atoms with van der Waals surface area (Å²) < 4.78 is 4.78. The van der Waals surface area contributed by atoms with Crippen LogP contribution in [-0.4, -0.2) is 84.9 Å². The molecule has 0 aromatic rings. The predicted octanol–water partition coefficient (Wildman–Crippen LogP) is 4.18. The molecule has 3 heterocycles. The molecule has 3 unspecified atom stereocenters. The monoisotopic (exact) mass is 598 g/mol. The highest BCUT2D eigenvalue weighted by molar-refractivity contribution is 9.09. The number of ether oxygens (including phenoxy) is 1. The second-order valence-electron chi connectivity index (χ2n) is 12.5. The first-order chi connectivity index (χ1) is 17.2. The number of thioether (sulfide) groups is 1. The average molecular weight is 600 g/mol. The van der Waals surface area contributed by atoms with Gasteiger partial charge in [0.25, 0.3) is 0 Å². The Morgan fingerprint density at radius 3 is 2.49 bits per heavy atom. The van der Waals surface area contributed by atoms with Crippen molar-refractivity contribution >= 4 is 45.5 Å². The average Bonchev–Trinajstić information content (AvgIpc) is 3.38. The fourth-order valence-electron chi connectivity index (χ4n) is 6.82. The van der Waals surface area contributed by atoms with Crippen LogP contribution in [0.25, 0.3) is 0 Å². The summed E-state index contributed by atoms with van der Waals surface area (Å²) in [6, 6.07) is -1.36. The van der Waals surface area contributed by atoms with Crippen molar-refractivity contribution in [3.8, 4) is 0 Å². The van der Waals surface area contributed by atoms with E-state index in [0.29, 0.717) is 19.4 Å². The molecule has 2 amide bonds. The topological polar surface area (TPSA) is 87.2 Å². The van der Waals surface area contributed by atoms with Gasteiger partial charge < -0.3 is 19.6 Å². The molecule has 0 saturated carbocycles. The number of esters is 1. The quantitative estimate of drug-likeness (QED) is 0.166. The molecule has 0 radical (unpaired) electrons. The second-order valence-corrected chi connectivity index (χ2v) is 15.2. The van der Waals surface area contributed by atoms with E-state index in [1.165, 1.54) is 0 Å². The summed E-state index contributed by atoms with van der Waals surface area (Å²) in [5, 5.41) is 9.95. The van der Waals surface area contributed by atoms with E-state index in [-0.39, 0.29) is 40.5 Å². The molecule has 3 rings (SSSR count). The smallest absolute Gasteiger partial charge is 0.310 e. The molecule has 1 N–H and O–H groups in total. The molecule has 0 aromatic carbocycles. The van der Waals surface area contributed by atoms with Crippen molar-refractivity contribution in [1.29, 1.82) is 0 Å². The van der Waals surface area contributed by atoms with Crippen molar-refractivity contribution in [1.82, 2.24) is 9.80 Å². The van der Waals surface area contributed by atoms with Crippen molar-refractivity contribution in [2.24, 2.45) is 17.3 Å². The van der Waals surface area contributed by atoms with Crippen LogP contribution in [0.4, 0.5) is 0 Å². The van der Waals surface area contributed by atoms with E-state index in [4.69, 9.17) is 4.74 Å². The van der Waals surface area contributed by atoms with Crippen molar-refractivity contribution in [2.45, 2.75) is 93.3 Å². The number of hydrogen-bond acceptors (Lipinski definition) is 6. The summed E-state index contributed by atoms with van der Waals surface area (Å²) in [7, 11) is 0. The molecule has 7 atom stereocenters. The highest BCUT2D eigenvalue weighted by Crippen LogP contribution is 2.68. The molecule has 3 saturated heterocycles. The van der Waals surface area contributed by atoms with E-state index in [1.807, 2.05) is 4.90 Å². The Balaban J connectivity index is 2.08. The van der Waals surface area contributed by atoms with Crippen molar-refractivity contribution < 1.29 is 24.2 Å². The number of alkyl halides is 1. The minimum atomic E-state index is -0.799. The molecule has 3 aliphatic rings. The lowest BCUT2D eigenvalue weighted by atomic mass is 9.70. The molecule has 9 heteroatoms. The zero-order chi connectivity index (χ0) is 27.9. The molecule has 0 aliphatic carbocycles. The number of fused-ring (bicyclic) bond motifs is 1. The van der Waals surface area contributed by atoms with Crippen LogP contribution < -0.4 is 0 Å². The van der Waals surface area contributed by atoms with Crippen LogP contribution in [0.5, 0.6) is 0 Å². The highest BCUT2D eigenvalue weighted by Gasteiger charge is 2.76. The van der Waals surface area contributed by atoms with Gasteiger partial charge in [0.15, 0.2) is 0 Å². The minimum Gasteiger partial charge on any atom is -0.465 e. The van der Waals surface area contributed by atoms with Crippen molar-refractivity contribution in [2.75, 3.05) is 19.8 Å². The minimum absolute atomic E-state index is 0.0323. The number of hydrogen-bond donors (Lipinski definition) is 1. The second kappa shape index (κ2) is 11.0. The molecule has 0 aromatic heterocycles. The first-order valence-corrected chi connectivity index (χ1v) is 14.9. The summed E-state index contributed by atoms with van der Waals surface area (Å²) >= 11 is 5.35. The third kappa shape index (κ3) is 5.42. The Hall–Kier alpha value is -1.32. The van der Waals surface area contributed by atoms with E-state index < -0.39 is 40.2 Å². The van der Waals surface area contributed by atoms with Gasteiger partial charge in [0.1, 0.15) is 6.04 Å². The molecular formula is C28H43BrN2O5S. The lowest BCUT2D eigenvalue weighted by Crippen LogP contribution is -2.61. The highest BCUT2D eigenvalue weighted by atomic mass is 79.9. The maximum absolute atomic E-state index is 14.6. The number of carbonyl (C=O) groups excluding carboxylic acids is 3. The zero-order valence-electron chi connectivity index (χ0n) is 23.0. The van der Waals surface area contributed by atoms with Gasteiger partial charge in [-0.25, -0.2) is 0 Å². The van der Waals surface area contributed by atoms with Gasteiger partial charge in [-0.15, -0.1) is 24.9 Å². The van der Waals surface area contributed by atoms with Gasteiger partial charge in [0.2, 0.25) is 11.8 Å². The fourth-order valence-corrected chi connectivity index (χ4v) is 10.4. The number of likely N-dealkylation sites (tertiary alicyclic amines) is 1. The molecule has 37 heavy (non-hydrogen) atoms. The zero-order valence-corrected chi connectivity index (χ0v) is 25.4. The lowest BCUT2D eigenvalue weighted by Gasteiger charge is -2.46. The number of amides is 2. The Bertz CT molecular complexity index is 934. The number of carbonyl (C=O) groups is 3. The van der Waals surface area contributed by atoms with Crippen LogP contribution >= 0.6 is 27.7 Å². The first kappa shape index (κ1) is 30.2. The maximum Gasteiger partial charge on any atom is 0.310 e. The van der Waals surface area contributed by atoms with Gasteiger partial charge in [-0.2, -0.15) is 0 Å². The maximum atomic E-state index is 14.6. The van der Waals surface area contributed by atoms with E-state index in [1.54, 1.807) is 35.7 Å². The van der Waals surface area contributed by atoms with E-state index >= 15 is 0 Å². The number of halogens is 1. The standard InChI is InChI=1S/C28H43BrN2O5S/c1-9-11-13-36-25(35)19-20-23(33)31(17(3)15-32)22(28(20)14-18(29)21(19)37-28)24(34)30(12-10-2)27(7,8)16-26(4,5)6/h9-10,17-22,32H,1-2,11-16H2,3-8H3/t17-,18?,19-,20+,21-,22?,28?/m1/s1. The van der Waals surface area contributed by atoms with Gasteiger partial charge in [0, 0.05) is 22.2 Å². The molecule has 7 nitrogen and oxygen atoms in total. The largest absolute Gasteiger partial charge is 0.465 e. The van der Waals surface area contributed by atoms with Crippen LogP contribution in [0.1, 0.15) is 60.8 Å². The van der Waals surface area contributed by atoms with E-state index in [2.05, 4.69) is 63.7 Å². The molecule has 3 aliphatic heterocycles. The van der Waals surface area contributed by atoms with Gasteiger partial charge in [0.05, 0.1) is 35.8 Å². The third-order valence-electron chi connectivity index (χ3n) is 7.81. The number of aliphatic hydroxyl groups is 1. The molecule has 2 bridgehead atoms. The Kier molecular flexibility index (Phi) is 9.02. The Labute approximate surface area is 234 Å². The van der Waals surface area contributed by atoms with Crippen LogP contribution in [0.3, 0.4) is 0 Å². The van der Waals surface area contributed by atoms with Gasteiger partial charge in [-0.05, 0) is 45.4 Å². The van der Waals surface area contributed by atoms with Crippen molar-refractivity contribution in [3.05, 3.63) is 25.3 Å². The van der Waals surface area contributed by atoms with Gasteiger partial charge >= 0.3 is 5.97 Å². The molecule has 208 valence electrons. The van der Waals surface area contributed by atoms with Crippen LogP contribution in [-0.2, 0) is 19.1 Å². The summed E-state index contributed by atoms with van der Waals surface area (Å²) in [6.07, 6.45) is 5.28. The summed E-state index contributed by atoms with van der Waals surface area (Å²) in [5.41, 5.74) is -0.539. The summed E-state index contributed by atoms with van der Waals surface area (Å²) in [6.45, 7) is 20.2. The number of nitrogens with zero attached hydrogens (tertiary/aromatic N) is 2. The van der Waals surface area contributed by atoms with Gasteiger partial charge in [-0.3, -0.25) is 14.4 Å². The van der Waals surface area contributed by atoms with Crippen LogP contribution in [0, 0.1) is 17.3 Å². The fraction of sp³-hybridized carbons (Fsp3) is 0.750. The normalized spacial score (nSPS) is 31.7. The van der Waals surface area contributed by atoms with E-state index in [9.17, 15) is 19.5 Å². The van der Waals surface area contributed by atoms with Crippen LogP contribution in [0.15, 0.2) is 25.3 Å². The SMILES string of the molecule is C=CCCOC(=O)[C@H]1[C@@H]2SC3(CC2Br)C(C(=O)N(CC=C)C(C)(C)CC(C)(C)C)N([C@H](C)CO)C(=O)[C@H]13. The molecule has 3 fully saturated rings. The van der Waals surface area contributed by atoms with E-state index in [0.717, 1.165) is 6.42 Å². The van der Waals surface area contributed by atoms with Gasteiger partial charge in [-0.1, -0.05) is 48.9 Å². The Morgan fingerprint density at radius 2 is 1.95 bits per heavy atom. The third-order valence-corrected chi connectivity index (χ3v) is 11.0. The molecular weight excluding hydrogens is 556 g/mol. The first-order valence-electron chi connectivity index (χ1n) is 13.1. The number of aliphatic hydroxyl groups excluding tert-OH is 1.